The molecule has 0 amide bonds. The van der Waals surface area contributed by atoms with Gasteiger partial charge in [-0.25, -0.2) is 18.2 Å². The summed E-state index contributed by atoms with van der Waals surface area (Å²) in [4.78, 5) is 6.23. The number of alkyl halides is 1. The van der Waals surface area contributed by atoms with Crippen molar-refractivity contribution < 1.29 is 13.2 Å². The molecule has 2 atom stereocenters. The molecule has 4 rings (SSSR count). The molecule has 0 saturated carbocycles. The van der Waals surface area contributed by atoms with E-state index >= 15 is 0 Å². The first kappa shape index (κ1) is 18.3. The summed E-state index contributed by atoms with van der Waals surface area (Å²) in [6.45, 7) is 0.891. The minimum Gasteiger partial charge on any atom is -0.340 e. The lowest BCUT2D eigenvalue weighted by Crippen LogP contribution is -2.50. The molecule has 2 heterocycles. The number of piperidine rings is 1. The third-order valence-electron chi connectivity index (χ3n) is 5.02. The molecule has 3 aromatic rings. The van der Waals surface area contributed by atoms with Crippen molar-refractivity contribution in [1.29, 1.82) is 5.26 Å². The number of imidazole rings is 1. The van der Waals surface area contributed by atoms with Gasteiger partial charge in [-0.05, 0) is 24.1 Å². The van der Waals surface area contributed by atoms with E-state index in [1.54, 1.807) is 28.8 Å². The Hall–Kier alpha value is -3.05. The standard InChI is InChI=1S/C20H18F3N5/c21-14-7-16(23)19-18(8-14)26-20(27-6-5-15(22)17(25)11-27)28(19)10-13-3-1-12(9-24)2-4-13/h1-4,7-8,15,17H,5-6,10-11,25H2/t15-,17-/m1/s1. The lowest BCUT2D eigenvalue weighted by atomic mass is 10.1. The molecule has 1 aromatic heterocycles. The first-order chi connectivity index (χ1) is 13.5. The summed E-state index contributed by atoms with van der Waals surface area (Å²) < 4.78 is 43.7. The van der Waals surface area contributed by atoms with Crippen LogP contribution in [0.4, 0.5) is 19.1 Å². The van der Waals surface area contributed by atoms with Crippen molar-refractivity contribution in [2.24, 2.45) is 5.73 Å². The van der Waals surface area contributed by atoms with E-state index in [4.69, 9.17) is 11.0 Å². The molecule has 1 fully saturated rings. The number of rotatable bonds is 3. The van der Waals surface area contributed by atoms with Crippen molar-refractivity contribution in [3.8, 4) is 6.07 Å². The molecule has 28 heavy (non-hydrogen) atoms. The van der Waals surface area contributed by atoms with E-state index in [9.17, 15) is 13.2 Å². The summed E-state index contributed by atoms with van der Waals surface area (Å²) in [5.41, 5.74) is 7.58. The highest BCUT2D eigenvalue weighted by Gasteiger charge is 2.30. The molecule has 0 bridgehead atoms. The van der Waals surface area contributed by atoms with Crippen LogP contribution < -0.4 is 10.6 Å². The fourth-order valence-electron chi connectivity index (χ4n) is 3.57. The van der Waals surface area contributed by atoms with Gasteiger partial charge in [-0.3, -0.25) is 0 Å². The molecule has 0 unspecified atom stereocenters. The molecule has 5 nitrogen and oxygen atoms in total. The largest absolute Gasteiger partial charge is 0.340 e. The Morgan fingerprint density at radius 1 is 1.21 bits per heavy atom. The maximum atomic E-state index is 14.6. The topological polar surface area (TPSA) is 70.9 Å². The van der Waals surface area contributed by atoms with Crippen LogP contribution in [0.25, 0.3) is 11.0 Å². The Balaban J connectivity index is 1.80. The van der Waals surface area contributed by atoms with Gasteiger partial charge < -0.3 is 15.2 Å². The number of nitrogens with zero attached hydrogens (tertiary/aromatic N) is 4. The second-order valence-electron chi connectivity index (χ2n) is 6.98. The van der Waals surface area contributed by atoms with Crippen molar-refractivity contribution in [2.45, 2.75) is 25.2 Å². The molecule has 1 aliphatic rings. The van der Waals surface area contributed by atoms with E-state index in [-0.39, 0.29) is 30.5 Å². The predicted octanol–water partition coefficient (Wildman–Crippen LogP) is 3.11. The lowest BCUT2D eigenvalue weighted by Gasteiger charge is -2.34. The minimum absolute atomic E-state index is 0.178. The number of nitriles is 1. The van der Waals surface area contributed by atoms with Crippen LogP contribution in [0.3, 0.4) is 0 Å². The number of benzene rings is 2. The first-order valence-electron chi connectivity index (χ1n) is 8.95. The highest BCUT2D eigenvalue weighted by atomic mass is 19.1. The number of fused-ring (bicyclic) bond motifs is 1. The van der Waals surface area contributed by atoms with E-state index in [1.807, 2.05) is 4.90 Å². The van der Waals surface area contributed by atoms with Crippen LogP contribution in [-0.4, -0.2) is 34.9 Å². The molecule has 144 valence electrons. The van der Waals surface area contributed by atoms with Crippen molar-refractivity contribution in [3.05, 3.63) is 59.2 Å². The van der Waals surface area contributed by atoms with Crippen molar-refractivity contribution in [2.75, 3.05) is 18.0 Å². The monoisotopic (exact) mass is 385 g/mol. The number of hydrogen-bond acceptors (Lipinski definition) is 4. The van der Waals surface area contributed by atoms with Gasteiger partial charge in [0.05, 0.1) is 29.7 Å². The van der Waals surface area contributed by atoms with Gasteiger partial charge >= 0.3 is 0 Å². The predicted molar refractivity (Wildman–Crippen MR) is 99.6 cm³/mol. The van der Waals surface area contributed by atoms with Crippen LogP contribution in [0.1, 0.15) is 17.5 Å². The number of hydrogen-bond donors (Lipinski definition) is 1. The Morgan fingerprint density at radius 2 is 1.96 bits per heavy atom. The SMILES string of the molecule is N#Cc1ccc(Cn2c(N3CC[C@@H](F)[C@H](N)C3)nc3cc(F)cc(F)c32)cc1. The lowest BCUT2D eigenvalue weighted by molar-refractivity contribution is 0.243. The number of nitrogens with two attached hydrogens (primary N) is 1. The summed E-state index contributed by atoms with van der Waals surface area (Å²) in [5.74, 6) is -1.00. The zero-order valence-electron chi connectivity index (χ0n) is 14.9. The fourth-order valence-corrected chi connectivity index (χ4v) is 3.57. The van der Waals surface area contributed by atoms with Crippen molar-refractivity contribution in [1.82, 2.24) is 9.55 Å². The van der Waals surface area contributed by atoms with Gasteiger partial charge in [0.25, 0.3) is 0 Å². The van der Waals surface area contributed by atoms with Crippen LogP contribution >= 0.6 is 0 Å². The molecule has 0 spiro atoms. The fraction of sp³-hybridized carbons (Fsp3) is 0.300. The summed E-state index contributed by atoms with van der Waals surface area (Å²) >= 11 is 0. The van der Waals surface area contributed by atoms with E-state index < -0.39 is 23.8 Å². The van der Waals surface area contributed by atoms with E-state index in [2.05, 4.69) is 11.1 Å². The maximum absolute atomic E-state index is 14.6. The Morgan fingerprint density at radius 3 is 2.64 bits per heavy atom. The summed E-state index contributed by atoms with van der Waals surface area (Å²) in [6, 6.07) is 10.3. The normalized spacial score (nSPS) is 19.8. The third-order valence-corrected chi connectivity index (χ3v) is 5.02. The summed E-state index contributed by atoms with van der Waals surface area (Å²) in [6.07, 6.45) is -0.847. The molecular formula is C20H18F3N5. The highest BCUT2D eigenvalue weighted by Crippen LogP contribution is 2.29. The van der Waals surface area contributed by atoms with Crippen LogP contribution in [-0.2, 0) is 6.54 Å². The van der Waals surface area contributed by atoms with Crippen LogP contribution in [0.2, 0.25) is 0 Å². The number of aromatic nitrogens is 2. The van der Waals surface area contributed by atoms with Gasteiger partial charge in [0.15, 0.2) is 5.82 Å². The molecule has 1 aliphatic heterocycles. The van der Waals surface area contributed by atoms with Gasteiger partial charge in [-0.2, -0.15) is 5.26 Å². The van der Waals surface area contributed by atoms with Gasteiger partial charge in [-0.1, -0.05) is 12.1 Å². The van der Waals surface area contributed by atoms with Gasteiger partial charge in [0.1, 0.15) is 17.5 Å². The molecule has 0 radical (unpaired) electrons. The zero-order chi connectivity index (χ0) is 19.8. The second-order valence-corrected chi connectivity index (χ2v) is 6.98. The molecular weight excluding hydrogens is 367 g/mol. The van der Waals surface area contributed by atoms with E-state index in [1.165, 1.54) is 6.07 Å². The zero-order valence-corrected chi connectivity index (χ0v) is 14.9. The molecule has 2 N–H and O–H groups in total. The first-order valence-corrected chi connectivity index (χ1v) is 8.95. The van der Waals surface area contributed by atoms with Crippen LogP contribution in [0, 0.1) is 23.0 Å². The summed E-state index contributed by atoms with van der Waals surface area (Å²) in [5, 5.41) is 8.95. The van der Waals surface area contributed by atoms with Gasteiger partial charge in [0, 0.05) is 25.2 Å². The smallest absolute Gasteiger partial charge is 0.207 e. The van der Waals surface area contributed by atoms with Crippen molar-refractivity contribution in [3.63, 3.8) is 0 Å². The van der Waals surface area contributed by atoms with E-state index in [0.717, 1.165) is 11.6 Å². The second kappa shape index (κ2) is 7.17. The Labute approximate surface area is 159 Å². The van der Waals surface area contributed by atoms with Crippen LogP contribution in [0.5, 0.6) is 0 Å². The minimum atomic E-state index is -1.10. The Bertz CT molecular complexity index is 1050. The van der Waals surface area contributed by atoms with Gasteiger partial charge in [-0.15, -0.1) is 0 Å². The summed E-state index contributed by atoms with van der Waals surface area (Å²) in [7, 11) is 0. The van der Waals surface area contributed by atoms with Gasteiger partial charge in [0.2, 0.25) is 5.95 Å². The van der Waals surface area contributed by atoms with Crippen molar-refractivity contribution >= 4 is 17.0 Å². The average Bonchev–Trinajstić information content (AvgIpc) is 3.03. The third kappa shape index (κ3) is 3.29. The molecule has 1 saturated heterocycles. The molecule has 8 heteroatoms. The van der Waals surface area contributed by atoms with Crippen LogP contribution in [0.15, 0.2) is 36.4 Å². The average molecular weight is 385 g/mol. The quantitative estimate of drug-likeness (QED) is 0.752. The molecule has 2 aromatic carbocycles. The number of halogens is 3. The Kier molecular flexibility index (Phi) is 4.69. The highest BCUT2D eigenvalue weighted by molar-refractivity contribution is 5.80. The number of anilines is 1. The molecule has 0 aliphatic carbocycles. The van der Waals surface area contributed by atoms with E-state index in [0.29, 0.717) is 18.1 Å². The maximum Gasteiger partial charge on any atom is 0.207 e.